The minimum atomic E-state index is 1.30. The average molecular weight is 182 g/mol. The van der Waals surface area contributed by atoms with Gasteiger partial charge in [-0.05, 0) is 30.6 Å². The van der Waals surface area contributed by atoms with Crippen LogP contribution in [0.2, 0.25) is 0 Å². The molecule has 70 valence electrons. The van der Waals surface area contributed by atoms with Crippen LogP contribution in [0, 0.1) is 0 Å². The highest BCUT2D eigenvalue weighted by Gasteiger charge is 2.09. The Morgan fingerprint density at radius 2 is 1.71 bits per heavy atom. The van der Waals surface area contributed by atoms with Crippen LogP contribution in [0.4, 0.5) is 0 Å². The van der Waals surface area contributed by atoms with E-state index in [1.165, 1.54) is 22.3 Å². The Morgan fingerprint density at radius 3 is 2.36 bits per heavy atom. The smallest absolute Gasteiger partial charge is 0.0112 e. The van der Waals surface area contributed by atoms with Gasteiger partial charge in [-0.25, -0.2) is 0 Å². The molecule has 0 fully saturated rings. The number of hydrogen-bond donors (Lipinski definition) is 0. The Kier molecular flexibility index (Phi) is 2.36. The third-order valence-electron chi connectivity index (χ3n) is 2.44. The van der Waals surface area contributed by atoms with Crippen molar-refractivity contribution in [2.45, 2.75) is 13.8 Å². The number of hydrogen-bond acceptors (Lipinski definition) is 0. The topological polar surface area (TPSA) is 0 Å². The summed E-state index contributed by atoms with van der Waals surface area (Å²) in [5.74, 6) is 0. The van der Waals surface area contributed by atoms with Crippen LogP contribution in [0.5, 0.6) is 0 Å². The Morgan fingerprint density at radius 1 is 1.00 bits per heavy atom. The van der Waals surface area contributed by atoms with E-state index < -0.39 is 0 Å². The summed E-state index contributed by atoms with van der Waals surface area (Å²) in [7, 11) is 0. The summed E-state index contributed by atoms with van der Waals surface area (Å²) in [6, 6.07) is 10.5. The molecule has 0 saturated heterocycles. The molecule has 1 aliphatic carbocycles. The lowest BCUT2D eigenvalue weighted by atomic mass is 9.98. The zero-order valence-electron chi connectivity index (χ0n) is 8.62. The van der Waals surface area contributed by atoms with Gasteiger partial charge >= 0.3 is 0 Å². The van der Waals surface area contributed by atoms with Crippen molar-refractivity contribution in [3.63, 3.8) is 0 Å². The molecule has 0 heterocycles. The number of allylic oxidation sites excluding steroid dienone is 6. The fraction of sp³-hybridized carbons (Fsp3) is 0.143. The minimum absolute atomic E-state index is 1.30. The van der Waals surface area contributed by atoms with E-state index in [-0.39, 0.29) is 0 Å². The van der Waals surface area contributed by atoms with E-state index in [1.54, 1.807) is 0 Å². The zero-order valence-corrected chi connectivity index (χ0v) is 8.62. The molecule has 0 amide bonds. The highest BCUT2D eigenvalue weighted by molar-refractivity contribution is 5.86. The second-order valence-corrected chi connectivity index (χ2v) is 3.72. The van der Waals surface area contributed by atoms with Gasteiger partial charge in [-0.3, -0.25) is 0 Å². The monoisotopic (exact) mass is 182 g/mol. The lowest BCUT2D eigenvalue weighted by Crippen LogP contribution is -1.86. The van der Waals surface area contributed by atoms with Gasteiger partial charge in [0, 0.05) is 0 Å². The van der Waals surface area contributed by atoms with Gasteiger partial charge in [0.25, 0.3) is 0 Å². The lowest BCUT2D eigenvalue weighted by Gasteiger charge is -2.06. The normalized spacial score (nSPS) is 14.4. The number of benzene rings is 1. The van der Waals surface area contributed by atoms with Gasteiger partial charge in [0.1, 0.15) is 0 Å². The van der Waals surface area contributed by atoms with E-state index in [0.29, 0.717) is 0 Å². The molecular formula is C14H14. The summed E-state index contributed by atoms with van der Waals surface area (Å²) in [5.41, 5.74) is 5.37. The molecule has 0 unspecified atom stereocenters. The summed E-state index contributed by atoms with van der Waals surface area (Å²) in [6.45, 7) is 4.31. The molecule has 1 aliphatic rings. The zero-order chi connectivity index (χ0) is 9.97. The number of rotatable bonds is 1. The first-order valence-corrected chi connectivity index (χ1v) is 4.90. The van der Waals surface area contributed by atoms with Gasteiger partial charge in [-0.15, -0.1) is 0 Å². The molecule has 14 heavy (non-hydrogen) atoms. The molecule has 0 saturated carbocycles. The summed E-state index contributed by atoms with van der Waals surface area (Å²) < 4.78 is 0. The average Bonchev–Trinajstić information content (AvgIpc) is 2.67. The first-order chi connectivity index (χ1) is 6.79. The van der Waals surface area contributed by atoms with Crippen LogP contribution < -0.4 is 0 Å². The predicted octanol–water partition coefficient (Wildman–Crippen LogP) is 3.98. The summed E-state index contributed by atoms with van der Waals surface area (Å²) in [4.78, 5) is 0. The molecule has 0 atom stereocenters. The minimum Gasteiger partial charge on any atom is -0.0686 e. The first-order valence-electron chi connectivity index (χ1n) is 4.90. The van der Waals surface area contributed by atoms with Crippen LogP contribution in [0.15, 0.2) is 59.7 Å². The lowest BCUT2D eigenvalue weighted by molar-refractivity contribution is 1.35. The van der Waals surface area contributed by atoms with Crippen molar-refractivity contribution >= 4 is 5.57 Å². The van der Waals surface area contributed by atoms with Crippen LogP contribution in [-0.4, -0.2) is 0 Å². The highest BCUT2D eigenvalue weighted by atomic mass is 14.1. The van der Waals surface area contributed by atoms with Crippen molar-refractivity contribution in [1.82, 2.24) is 0 Å². The van der Waals surface area contributed by atoms with E-state index in [0.717, 1.165) is 0 Å². The highest BCUT2D eigenvalue weighted by Crippen LogP contribution is 2.30. The largest absolute Gasteiger partial charge is 0.0686 e. The van der Waals surface area contributed by atoms with Gasteiger partial charge in [-0.2, -0.15) is 0 Å². The standard InChI is InChI=1S/C14H14/c1-11(2)13-9-6-10-14(13)12-7-4-3-5-8-12/h3-10H,1-2H3. The molecule has 0 aromatic heterocycles. The summed E-state index contributed by atoms with van der Waals surface area (Å²) >= 11 is 0. The van der Waals surface area contributed by atoms with Gasteiger partial charge in [0.05, 0.1) is 0 Å². The molecule has 0 spiro atoms. The van der Waals surface area contributed by atoms with E-state index in [4.69, 9.17) is 0 Å². The maximum Gasteiger partial charge on any atom is -0.0112 e. The van der Waals surface area contributed by atoms with Crippen LogP contribution in [0.3, 0.4) is 0 Å². The Hall–Kier alpha value is -1.56. The van der Waals surface area contributed by atoms with Crippen molar-refractivity contribution < 1.29 is 0 Å². The van der Waals surface area contributed by atoms with Gasteiger partial charge in [-0.1, -0.05) is 54.1 Å². The van der Waals surface area contributed by atoms with Gasteiger partial charge < -0.3 is 0 Å². The Bertz CT molecular complexity index is 413. The van der Waals surface area contributed by atoms with E-state index in [2.05, 4.69) is 62.4 Å². The maximum atomic E-state index is 2.18. The third-order valence-corrected chi connectivity index (χ3v) is 2.44. The molecular weight excluding hydrogens is 168 g/mol. The third kappa shape index (κ3) is 1.56. The van der Waals surface area contributed by atoms with Crippen molar-refractivity contribution in [1.29, 1.82) is 0 Å². The van der Waals surface area contributed by atoms with Crippen LogP contribution in [-0.2, 0) is 0 Å². The molecule has 0 N–H and O–H groups in total. The maximum absolute atomic E-state index is 2.18. The van der Waals surface area contributed by atoms with Gasteiger partial charge in [0.2, 0.25) is 0 Å². The van der Waals surface area contributed by atoms with E-state index >= 15 is 0 Å². The fourth-order valence-electron chi connectivity index (χ4n) is 1.73. The molecule has 1 aromatic rings. The fourth-order valence-corrected chi connectivity index (χ4v) is 1.73. The SMILES string of the molecule is CC(C)=C1C=CC=C1c1ccccc1. The van der Waals surface area contributed by atoms with Crippen LogP contribution in [0.1, 0.15) is 19.4 Å². The molecule has 2 rings (SSSR count). The van der Waals surface area contributed by atoms with Crippen LogP contribution >= 0.6 is 0 Å². The molecule has 1 aromatic carbocycles. The Balaban J connectivity index is 2.44. The predicted molar refractivity (Wildman–Crippen MR) is 61.9 cm³/mol. The molecule has 0 nitrogen and oxygen atoms in total. The molecule has 0 aliphatic heterocycles. The second-order valence-electron chi connectivity index (χ2n) is 3.72. The van der Waals surface area contributed by atoms with Gasteiger partial charge in [0.15, 0.2) is 0 Å². The van der Waals surface area contributed by atoms with Crippen molar-refractivity contribution in [3.8, 4) is 0 Å². The molecule has 0 bridgehead atoms. The van der Waals surface area contributed by atoms with Crippen molar-refractivity contribution in [3.05, 3.63) is 65.3 Å². The quantitative estimate of drug-likeness (QED) is 0.616. The van der Waals surface area contributed by atoms with Crippen molar-refractivity contribution in [2.75, 3.05) is 0 Å². The van der Waals surface area contributed by atoms with E-state index in [9.17, 15) is 0 Å². The summed E-state index contributed by atoms with van der Waals surface area (Å²) in [5, 5.41) is 0. The first kappa shape index (κ1) is 9.01. The Labute approximate surface area is 85.3 Å². The van der Waals surface area contributed by atoms with E-state index in [1.807, 2.05) is 0 Å². The summed E-state index contributed by atoms with van der Waals surface area (Å²) in [6.07, 6.45) is 6.47. The molecule has 0 heteroatoms. The van der Waals surface area contributed by atoms with Crippen molar-refractivity contribution in [2.24, 2.45) is 0 Å². The second kappa shape index (κ2) is 3.67. The van der Waals surface area contributed by atoms with Crippen LogP contribution in [0.25, 0.3) is 5.57 Å². The molecule has 0 radical (unpaired) electrons.